The summed E-state index contributed by atoms with van der Waals surface area (Å²) in [6, 6.07) is 16.5. The first kappa shape index (κ1) is 23.3. The van der Waals surface area contributed by atoms with E-state index in [2.05, 4.69) is 40.0 Å². The number of nitrogens with one attached hydrogen (secondary N) is 3. The van der Waals surface area contributed by atoms with Gasteiger partial charge in [-0.05, 0) is 61.8 Å². The van der Waals surface area contributed by atoms with Crippen molar-refractivity contribution in [2.24, 2.45) is 5.92 Å². The van der Waals surface area contributed by atoms with Crippen molar-refractivity contribution >= 4 is 11.7 Å². The minimum Gasteiger partial charge on any atom is -0.358 e. The fourth-order valence-corrected chi connectivity index (χ4v) is 4.33. The smallest absolute Gasteiger partial charge is 0.297 e. The zero-order valence-electron chi connectivity index (χ0n) is 20.3. The number of anilines is 1. The molecule has 1 amide bonds. The summed E-state index contributed by atoms with van der Waals surface area (Å²) in [6.07, 6.45) is 7.82. The molecule has 182 valence electrons. The largest absolute Gasteiger partial charge is 0.358 e. The van der Waals surface area contributed by atoms with Crippen LogP contribution in [0.5, 0.6) is 0 Å². The lowest BCUT2D eigenvalue weighted by molar-refractivity contribution is 0.0951. The SMILES string of the molecule is Cc1ccc(C(=O)NC2CC2)cc1-n1ccnc(N[C@@H](c2ccccc2)[C@H](C)CNC2CC2)c1=O. The topological polar surface area (TPSA) is 88.1 Å². The fraction of sp³-hybridized carbons (Fsp3) is 0.393. The third-order valence-corrected chi connectivity index (χ3v) is 6.81. The van der Waals surface area contributed by atoms with Crippen molar-refractivity contribution in [3.8, 4) is 5.69 Å². The number of carbonyl (C=O) groups is 1. The second-order valence-electron chi connectivity index (χ2n) is 9.89. The summed E-state index contributed by atoms with van der Waals surface area (Å²) in [6.45, 7) is 4.99. The van der Waals surface area contributed by atoms with Crippen molar-refractivity contribution in [1.82, 2.24) is 20.2 Å². The quantitative estimate of drug-likeness (QED) is 0.416. The van der Waals surface area contributed by atoms with E-state index in [1.807, 2.05) is 37.3 Å². The zero-order valence-corrected chi connectivity index (χ0v) is 20.3. The molecule has 2 aliphatic carbocycles. The van der Waals surface area contributed by atoms with E-state index in [1.54, 1.807) is 23.0 Å². The van der Waals surface area contributed by atoms with Gasteiger partial charge in [-0.25, -0.2) is 4.98 Å². The van der Waals surface area contributed by atoms with Gasteiger partial charge in [0, 0.05) is 36.6 Å². The highest BCUT2D eigenvalue weighted by Gasteiger charge is 2.26. The molecule has 7 heteroatoms. The summed E-state index contributed by atoms with van der Waals surface area (Å²) in [5, 5.41) is 10.1. The molecule has 0 unspecified atom stereocenters. The number of hydrogen-bond donors (Lipinski definition) is 3. The van der Waals surface area contributed by atoms with Crippen molar-refractivity contribution in [3.05, 3.63) is 88.0 Å². The number of rotatable bonds is 10. The Balaban J connectivity index is 1.43. The molecule has 35 heavy (non-hydrogen) atoms. The predicted molar refractivity (Wildman–Crippen MR) is 138 cm³/mol. The average molecular weight is 472 g/mol. The Morgan fingerprint density at radius 3 is 2.54 bits per heavy atom. The lowest BCUT2D eigenvalue weighted by Crippen LogP contribution is -2.33. The molecule has 2 aliphatic rings. The number of nitrogens with zero attached hydrogens (tertiary/aromatic N) is 2. The maximum absolute atomic E-state index is 13.6. The van der Waals surface area contributed by atoms with Gasteiger partial charge in [-0.1, -0.05) is 43.3 Å². The Hall–Kier alpha value is -3.45. The van der Waals surface area contributed by atoms with Crippen LogP contribution in [-0.2, 0) is 0 Å². The Morgan fingerprint density at radius 1 is 1.09 bits per heavy atom. The molecule has 2 saturated carbocycles. The molecule has 0 spiro atoms. The van der Waals surface area contributed by atoms with Crippen molar-refractivity contribution in [1.29, 1.82) is 0 Å². The number of carbonyl (C=O) groups excluding carboxylic acids is 1. The first-order chi connectivity index (χ1) is 17.0. The second kappa shape index (κ2) is 10.0. The molecule has 0 radical (unpaired) electrons. The highest BCUT2D eigenvalue weighted by atomic mass is 16.2. The Morgan fingerprint density at radius 2 is 1.83 bits per heavy atom. The molecule has 1 heterocycles. The standard InChI is InChI=1S/C28H33N5O2/c1-18-8-9-21(27(34)31-23-12-13-23)16-24(18)33-15-14-29-26(28(33)35)32-25(20-6-4-3-5-7-20)19(2)17-30-22-10-11-22/h3-9,14-16,19,22-23,25,30H,10-13,17H2,1-2H3,(H,29,32)(H,31,34)/t19-,25-/m1/s1. The molecule has 0 saturated heterocycles. The van der Waals surface area contributed by atoms with Gasteiger partial charge >= 0.3 is 0 Å². The van der Waals surface area contributed by atoms with E-state index in [0.717, 1.165) is 30.5 Å². The monoisotopic (exact) mass is 471 g/mol. The molecule has 0 bridgehead atoms. The molecule has 2 fully saturated rings. The van der Waals surface area contributed by atoms with Crippen LogP contribution in [0.25, 0.3) is 5.69 Å². The molecular formula is C28H33N5O2. The van der Waals surface area contributed by atoms with Crippen molar-refractivity contribution in [3.63, 3.8) is 0 Å². The molecule has 7 nitrogen and oxygen atoms in total. The molecule has 3 N–H and O–H groups in total. The molecule has 2 aromatic carbocycles. The van der Waals surface area contributed by atoms with E-state index < -0.39 is 0 Å². The number of aromatic nitrogens is 2. The lowest BCUT2D eigenvalue weighted by Gasteiger charge is -2.26. The van der Waals surface area contributed by atoms with Crippen LogP contribution in [0.1, 0.15) is 60.1 Å². The van der Waals surface area contributed by atoms with Gasteiger partial charge in [-0.3, -0.25) is 14.2 Å². The van der Waals surface area contributed by atoms with Crippen molar-refractivity contribution in [2.45, 2.75) is 57.7 Å². The highest BCUT2D eigenvalue weighted by Crippen LogP contribution is 2.27. The van der Waals surface area contributed by atoms with E-state index in [4.69, 9.17) is 0 Å². The highest BCUT2D eigenvalue weighted by molar-refractivity contribution is 5.95. The maximum atomic E-state index is 13.6. The van der Waals surface area contributed by atoms with Crippen LogP contribution in [0.4, 0.5) is 5.82 Å². The number of aryl methyl sites for hydroxylation is 1. The normalized spacial score (nSPS) is 17.0. The molecule has 3 aromatic rings. The van der Waals surface area contributed by atoms with Gasteiger partial charge < -0.3 is 16.0 Å². The first-order valence-corrected chi connectivity index (χ1v) is 12.5. The summed E-state index contributed by atoms with van der Waals surface area (Å²) < 4.78 is 1.58. The third kappa shape index (κ3) is 5.62. The number of hydrogen-bond acceptors (Lipinski definition) is 5. The van der Waals surface area contributed by atoms with Crippen LogP contribution in [0.2, 0.25) is 0 Å². The van der Waals surface area contributed by atoms with Gasteiger partial charge in [-0.2, -0.15) is 0 Å². The maximum Gasteiger partial charge on any atom is 0.297 e. The first-order valence-electron chi connectivity index (χ1n) is 12.5. The van der Waals surface area contributed by atoms with Crippen molar-refractivity contribution < 1.29 is 4.79 Å². The summed E-state index contributed by atoms with van der Waals surface area (Å²) in [7, 11) is 0. The molecule has 2 atom stereocenters. The Kier molecular flexibility index (Phi) is 6.68. The summed E-state index contributed by atoms with van der Waals surface area (Å²) in [5.41, 5.74) is 3.03. The molecule has 0 aliphatic heterocycles. The molecule has 1 aromatic heterocycles. The summed E-state index contributed by atoms with van der Waals surface area (Å²) >= 11 is 0. The second-order valence-corrected chi connectivity index (χ2v) is 9.89. The minimum atomic E-state index is -0.237. The predicted octanol–water partition coefficient (Wildman–Crippen LogP) is 3.97. The zero-order chi connectivity index (χ0) is 24.4. The number of amides is 1. The van der Waals surface area contributed by atoms with E-state index in [0.29, 0.717) is 23.1 Å². The van der Waals surface area contributed by atoms with Gasteiger partial charge in [0.15, 0.2) is 5.82 Å². The minimum absolute atomic E-state index is 0.0738. The van der Waals surface area contributed by atoms with Crippen LogP contribution in [0.3, 0.4) is 0 Å². The van der Waals surface area contributed by atoms with E-state index in [1.165, 1.54) is 12.8 Å². The lowest BCUT2D eigenvalue weighted by atomic mass is 9.94. The van der Waals surface area contributed by atoms with E-state index in [-0.39, 0.29) is 29.5 Å². The van der Waals surface area contributed by atoms with Crippen LogP contribution >= 0.6 is 0 Å². The van der Waals surface area contributed by atoms with Gasteiger partial charge in [-0.15, -0.1) is 0 Å². The Bertz CT molecular complexity index is 1250. The Labute approximate surface area is 206 Å². The van der Waals surface area contributed by atoms with Crippen LogP contribution in [-0.4, -0.2) is 34.1 Å². The van der Waals surface area contributed by atoms with Crippen LogP contribution in [0.15, 0.2) is 65.7 Å². The summed E-state index contributed by atoms with van der Waals surface area (Å²) in [5.74, 6) is 0.436. The van der Waals surface area contributed by atoms with Crippen LogP contribution < -0.4 is 21.5 Å². The summed E-state index contributed by atoms with van der Waals surface area (Å²) in [4.78, 5) is 30.6. The average Bonchev–Trinajstić information content (AvgIpc) is 3.79. The third-order valence-electron chi connectivity index (χ3n) is 6.81. The molecular weight excluding hydrogens is 438 g/mol. The van der Waals surface area contributed by atoms with Crippen molar-refractivity contribution in [2.75, 3.05) is 11.9 Å². The fourth-order valence-electron chi connectivity index (χ4n) is 4.33. The van der Waals surface area contributed by atoms with E-state index in [9.17, 15) is 9.59 Å². The van der Waals surface area contributed by atoms with Crippen LogP contribution in [0, 0.1) is 12.8 Å². The van der Waals surface area contributed by atoms with Gasteiger partial charge in [0.25, 0.3) is 11.5 Å². The van der Waals surface area contributed by atoms with E-state index >= 15 is 0 Å². The van der Waals surface area contributed by atoms with Gasteiger partial charge in [0.05, 0.1) is 11.7 Å². The number of benzene rings is 2. The van der Waals surface area contributed by atoms with Gasteiger partial charge in [0.1, 0.15) is 0 Å². The molecule has 5 rings (SSSR count). The van der Waals surface area contributed by atoms with Gasteiger partial charge in [0.2, 0.25) is 0 Å².